The first-order valence-corrected chi connectivity index (χ1v) is 12.0. The van der Waals surface area contributed by atoms with E-state index < -0.39 is 0 Å². The maximum absolute atomic E-state index is 12.8. The molecule has 184 valence electrons. The van der Waals surface area contributed by atoms with Gasteiger partial charge >= 0.3 is 0 Å². The third kappa shape index (κ3) is 9.57. The summed E-state index contributed by atoms with van der Waals surface area (Å²) in [6, 6.07) is -1.31. The summed E-state index contributed by atoms with van der Waals surface area (Å²) in [5.41, 5.74) is 0. The third-order valence-corrected chi connectivity index (χ3v) is 6.23. The van der Waals surface area contributed by atoms with Crippen molar-refractivity contribution >= 4 is 23.6 Å². The molecule has 0 spiro atoms. The number of nitrogens with one attached hydrogen (secondary N) is 4. The van der Waals surface area contributed by atoms with E-state index in [0.29, 0.717) is 0 Å². The van der Waals surface area contributed by atoms with Crippen LogP contribution in [0.3, 0.4) is 0 Å². The highest BCUT2D eigenvalue weighted by atomic mass is 16.2. The first-order valence-electron chi connectivity index (χ1n) is 12.0. The van der Waals surface area contributed by atoms with E-state index in [1.165, 1.54) is 0 Å². The number of amides is 4. The van der Waals surface area contributed by atoms with Gasteiger partial charge in [0.1, 0.15) is 0 Å². The Balaban J connectivity index is 3.18. The van der Waals surface area contributed by atoms with E-state index >= 15 is 0 Å². The average molecular weight is 453 g/mol. The second kappa shape index (κ2) is 12.8. The van der Waals surface area contributed by atoms with Crippen molar-refractivity contribution in [2.45, 2.75) is 105 Å². The monoisotopic (exact) mass is 452 g/mol. The van der Waals surface area contributed by atoms with Crippen molar-refractivity contribution in [3.8, 4) is 0 Å². The van der Waals surface area contributed by atoms with Gasteiger partial charge in [0.05, 0.1) is 0 Å². The maximum atomic E-state index is 12.8. The molecule has 8 heteroatoms. The van der Waals surface area contributed by atoms with Crippen LogP contribution >= 0.6 is 0 Å². The van der Waals surface area contributed by atoms with Gasteiger partial charge in [0.25, 0.3) is 0 Å². The molecule has 8 nitrogen and oxygen atoms in total. The smallest absolute Gasteiger partial charge is 0.222 e. The standard InChI is InChI=1S/C24H44N4O4/c1-13(2)17-9-21(29)26-19(15(5)6)11-23(31)28-20(16(7)8)12-24(32)27-18(14(3)4)10-22(30)25-17/h13-20H,9-12H2,1-8H3,(H,25,30)(H,26,29)(H,27,32)(H,28,31)/t17-,18-,19?,20?/m0/s1. The number of carbonyl (C=O) groups excluding carboxylic acids is 4. The van der Waals surface area contributed by atoms with E-state index in [0.717, 1.165) is 0 Å². The van der Waals surface area contributed by atoms with Crippen LogP contribution < -0.4 is 21.3 Å². The molecule has 1 aliphatic rings. The fraction of sp³-hybridized carbons (Fsp3) is 0.833. The van der Waals surface area contributed by atoms with Crippen LogP contribution in [0, 0.1) is 23.7 Å². The Bertz CT molecular complexity index is 516. The highest BCUT2D eigenvalue weighted by Gasteiger charge is 2.29. The number of carbonyl (C=O) groups is 4. The molecule has 4 N–H and O–H groups in total. The summed E-state index contributed by atoms with van der Waals surface area (Å²) in [5.74, 6) is -0.500. The third-order valence-electron chi connectivity index (χ3n) is 6.23. The summed E-state index contributed by atoms with van der Waals surface area (Å²) in [6.45, 7) is 15.6. The zero-order valence-corrected chi connectivity index (χ0v) is 21.1. The topological polar surface area (TPSA) is 116 Å². The zero-order valence-electron chi connectivity index (χ0n) is 21.1. The summed E-state index contributed by atoms with van der Waals surface area (Å²) in [6.07, 6.45) is 0.562. The number of hydrogen-bond donors (Lipinski definition) is 4. The SMILES string of the molecule is CC(C)C1CC(=O)NC(C(C)C)CC(=O)N[C@H](C(C)C)CC(=O)N[C@H](C(C)C)CC(=O)N1. The van der Waals surface area contributed by atoms with Crippen LogP contribution in [0.4, 0.5) is 0 Å². The molecule has 1 heterocycles. The fourth-order valence-corrected chi connectivity index (χ4v) is 3.68. The molecule has 1 fully saturated rings. The van der Waals surface area contributed by atoms with E-state index in [2.05, 4.69) is 21.3 Å². The molecule has 1 saturated heterocycles. The van der Waals surface area contributed by atoms with Crippen molar-refractivity contribution in [3.63, 3.8) is 0 Å². The van der Waals surface area contributed by atoms with Gasteiger partial charge in [-0.25, -0.2) is 0 Å². The normalized spacial score (nSPS) is 27.4. The van der Waals surface area contributed by atoms with Gasteiger partial charge in [-0.1, -0.05) is 55.4 Å². The molecule has 1 aliphatic heterocycles. The van der Waals surface area contributed by atoms with E-state index in [1.54, 1.807) is 0 Å². The highest BCUT2D eigenvalue weighted by Crippen LogP contribution is 2.14. The van der Waals surface area contributed by atoms with Gasteiger partial charge in [-0.3, -0.25) is 19.2 Å². The average Bonchev–Trinajstić information content (AvgIpc) is 2.64. The van der Waals surface area contributed by atoms with E-state index in [9.17, 15) is 19.2 Å². The minimum Gasteiger partial charge on any atom is -0.353 e. The highest BCUT2D eigenvalue weighted by molar-refractivity contribution is 5.83. The molecule has 0 aliphatic carbocycles. The minimum atomic E-state index is -0.328. The van der Waals surface area contributed by atoms with Crippen molar-refractivity contribution in [2.75, 3.05) is 0 Å². The van der Waals surface area contributed by atoms with Crippen molar-refractivity contribution in [3.05, 3.63) is 0 Å². The molecule has 32 heavy (non-hydrogen) atoms. The van der Waals surface area contributed by atoms with Crippen LogP contribution in [0.5, 0.6) is 0 Å². The molecule has 0 bridgehead atoms. The maximum Gasteiger partial charge on any atom is 0.222 e. The van der Waals surface area contributed by atoms with E-state index in [4.69, 9.17) is 0 Å². The van der Waals surface area contributed by atoms with Gasteiger partial charge in [0.2, 0.25) is 23.6 Å². The Morgan fingerprint density at radius 2 is 0.594 bits per heavy atom. The summed E-state index contributed by atoms with van der Waals surface area (Å²) in [4.78, 5) is 51.0. The van der Waals surface area contributed by atoms with Gasteiger partial charge in [-0.15, -0.1) is 0 Å². The van der Waals surface area contributed by atoms with E-state index in [-0.39, 0.29) is 97.2 Å². The molecule has 1 rings (SSSR count). The number of hydrogen-bond acceptors (Lipinski definition) is 4. The molecule has 4 amide bonds. The van der Waals surface area contributed by atoms with Crippen molar-refractivity contribution in [1.82, 2.24) is 21.3 Å². The number of rotatable bonds is 4. The van der Waals surface area contributed by atoms with Crippen LogP contribution in [0.2, 0.25) is 0 Å². The predicted octanol–water partition coefficient (Wildman–Crippen LogP) is 2.12. The minimum absolute atomic E-state index is 0.0586. The first kappa shape index (κ1) is 27.9. The molecule has 2 unspecified atom stereocenters. The molecular formula is C24H44N4O4. The van der Waals surface area contributed by atoms with Crippen LogP contribution in [0.25, 0.3) is 0 Å². The molecule has 0 aromatic heterocycles. The first-order chi connectivity index (χ1) is 14.8. The van der Waals surface area contributed by atoms with Crippen LogP contribution in [-0.2, 0) is 19.2 Å². The van der Waals surface area contributed by atoms with Gasteiger partial charge in [0, 0.05) is 49.9 Å². The summed E-state index contributed by atoms with van der Waals surface area (Å²) in [7, 11) is 0. The Morgan fingerprint density at radius 3 is 0.719 bits per heavy atom. The zero-order chi connectivity index (χ0) is 24.6. The molecule has 4 atom stereocenters. The molecule has 0 radical (unpaired) electrons. The van der Waals surface area contributed by atoms with Gasteiger partial charge in [-0.2, -0.15) is 0 Å². The van der Waals surface area contributed by atoms with Gasteiger partial charge in [0.15, 0.2) is 0 Å². The lowest BCUT2D eigenvalue weighted by atomic mass is 9.95. The fourth-order valence-electron chi connectivity index (χ4n) is 3.68. The molecule has 0 saturated carbocycles. The Labute approximate surface area is 193 Å². The summed E-state index contributed by atoms with van der Waals surface area (Å²) in [5, 5.41) is 11.9. The Hall–Kier alpha value is -2.12. The molecule has 0 aromatic rings. The molecule has 0 aromatic carbocycles. The molecular weight excluding hydrogens is 408 g/mol. The largest absolute Gasteiger partial charge is 0.353 e. The van der Waals surface area contributed by atoms with Crippen LogP contribution in [-0.4, -0.2) is 47.8 Å². The van der Waals surface area contributed by atoms with E-state index in [1.807, 2.05) is 55.4 Å². The lowest BCUT2D eigenvalue weighted by molar-refractivity contribution is -0.126. The second-order valence-electron chi connectivity index (χ2n) is 10.5. The summed E-state index contributed by atoms with van der Waals surface area (Å²) >= 11 is 0. The van der Waals surface area contributed by atoms with Crippen LogP contribution in [0.15, 0.2) is 0 Å². The van der Waals surface area contributed by atoms with Crippen molar-refractivity contribution < 1.29 is 19.2 Å². The Kier molecular flexibility index (Phi) is 11.2. The lowest BCUT2D eigenvalue weighted by Gasteiger charge is -2.29. The van der Waals surface area contributed by atoms with Gasteiger partial charge < -0.3 is 21.3 Å². The van der Waals surface area contributed by atoms with Crippen molar-refractivity contribution in [2.24, 2.45) is 23.7 Å². The van der Waals surface area contributed by atoms with Crippen molar-refractivity contribution in [1.29, 1.82) is 0 Å². The lowest BCUT2D eigenvalue weighted by Crippen LogP contribution is -2.51. The van der Waals surface area contributed by atoms with Crippen LogP contribution in [0.1, 0.15) is 81.1 Å². The quantitative estimate of drug-likeness (QED) is 0.523. The van der Waals surface area contributed by atoms with Gasteiger partial charge in [-0.05, 0) is 23.7 Å². The Morgan fingerprint density at radius 1 is 0.438 bits per heavy atom. The predicted molar refractivity (Wildman–Crippen MR) is 126 cm³/mol. The summed E-state index contributed by atoms with van der Waals surface area (Å²) < 4.78 is 0. The second-order valence-corrected chi connectivity index (χ2v) is 10.5.